The molecule has 0 radical (unpaired) electrons. The predicted molar refractivity (Wildman–Crippen MR) is 57.9 cm³/mol. The molecule has 0 fully saturated rings. The Hall–Kier alpha value is -1.42. The zero-order valence-electron chi connectivity index (χ0n) is 9.15. The van der Waals surface area contributed by atoms with Gasteiger partial charge in [0, 0.05) is 11.6 Å². The van der Waals surface area contributed by atoms with Gasteiger partial charge in [-0.1, -0.05) is 30.3 Å². The molecular weight excluding hydrogens is 212 g/mol. The van der Waals surface area contributed by atoms with Gasteiger partial charge < -0.3 is 4.74 Å². The van der Waals surface area contributed by atoms with Crippen LogP contribution in [0.3, 0.4) is 0 Å². The van der Waals surface area contributed by atoms with Gasteiger partial charge in [-0.15, -0.1) is 0 Å². The minimum absolute atomic E-state index is 0.240. The standard InChI is InChI=1S/C12H13F2NO/c1-15(2)11-12(13,14)8-10(16-11)9-6-4-3-5-7-9/h3-8,11H,1-2H3. The van der Waals surface area contributed by atoms with Gasteiger partial charge in [0.15, 0.2) is 0 Å². The molecule has 1 atom stereocenters. The fraction of sp³-hybridized carbons (Fsp3) is 0.333. The summed E-state index contributed by atoms with van der Waals surface area (Å²) < 4.78 is 32.4. The zero-order chi connectivity index (χ0) is 11.8. The Morgan fingerprint density at radius 2 is 1.81 bits per heavy atom. The van der Waals surface area contributed by atoms with Crippen molar-refractivity contribution in [2.24, 2.45) is 0 Å². The number of halogens is 2. The van der Waals surface area contributed by atoms with Gasteiger partial charge in [-0.2, -0.15) is 8.78 Å². The number of ether oxygens (including phenoxy) is 1. The van der Waals surface area contributed by atoms with Crippen molar-refractivity contribution in [1.82, 2.24) is 4.90 Å². The molecule has 0 spiro atoms. The number of alkyl halides is 2. The smallest absolute Gasteiger partial charge is 0.319 e. The first kappa shape index (κ1) is 11.1. The lowest BCUT2D eigenvalue weighted by molar-refractivity contribution is -0.110. The highest BCUT2D eigenvalue weighted by atomic mass is 19.3. The second-order valence-electron chi connectivity index (χ2n) is 3.98. The third-order valence-electron chi connectivity index (χ3n) is 2.42. The zero-order valence-corrected chi connectivity index (χ0v) is 9.15. The highest BCUT2D eigenvalue weighted by Crippen LogP contribution is 2.37. The summed E-state index contributed by atoms with van der Waals surface area (Å²) in [6.07, 6.45) is -0.338. The van der Waals surface area contributed by atoms with E-state index in [0.29, 0.717) is 5.56 Å². The average molecular weight is 225 g/mol. The third kappa shape index (κ3) is 1.93. The van der Waals surface area contributed by atoms with Gasteiger partial charge in [0.25, 0.3) is 0 Å². The second-order valence-corrected chi connectivity index (χ2v) is 3.98. The SMILES string of the molecule is CN(C)C1OC(c2ccccc2)=CC1(F)F. The summed E-state index contributed by atoms with van der Waals surface area (Å²) >= 11 is 0. The number of hydrogen-bond donors (Lipinski definition) is 0. The van der Waals surface area contributed by atoms with Crippen molar-refractivity contribution in [3.05, 3.63) is 42.0 Å². The fourth-order valence-corrected chi connectivity index (χ4v) is 1.68. The Balaban J connectivity index is 2.28. The third-order valence-corrected chi connectivity index (χ3v) is 2.42. The monoisotopic (exact) mass is 225 g/mol. The van der Waals surface area contributed by atoms with E-state index < -0.39 is 12.2 Å². The lowest BCUT2D eigenvalue weighted by Crippen LogP contribution is -2.41. The Morgan fingerprint density at radius 3 is 2.31 bits per heavy atom. The van der Waals surface area contributed by atoms with Crippen LogP contribution >= 0.6 is 0 Å². The van der Waals surface area contributed by atoms with E-state index in [4.69, 9.17) is 4.74 Å². The van der Waals surface area contributed by atoms with Gasteiger partial charge in [-0.05, 0) is 14.1 Å². The molecule has 0 amide bonds. The van der Waals surface area contributed by atoms with Crippen molar-refractivity contribution in [3.8, 4) is 0 Å². The molecule has 2 nitrogen and oxygen atoms in total. The van der Waals surface area contributed by atoms with Crippen LogP contribution in [0.25, 0.3) is 5.76 Å². The Labute approximate surface area is 93.1 Å². The lowest BCUT2D eigenvalue weighted by atomic mass is 10.2. The number of nitrogens with zero attached hydrogens (tertiary/aromatic N) is 1. The Kier molecular flexibility index (Phi) is 2.68. The van der Waals surface area contributed by atoms with Crippen molar-refractivity contribution in [1.29, 1.82) is 0 Å². The van der Waals surface area contributed by atoms with E-state index in [-0.39, 0.29) is 5.76 Å². The van der Waals surface area contributed by atoms with Gasteiger partial charge in [-0.3, -0.25) is 4.90 Å². The summed E-state index contributed by atoms with van der Waals surface area (Å²) in [6, 6.07) is 8.92. The van der Waals surface area contributed by atoms with Gasteiger partial charge in [0.2, 0.25) is 6.23 Å². The van der Waals surface area contributed by atoms with E-state index in [0.717, 1.165) is 6.08 Å². The van der Waals surface area contributed by atoms with E-state index in [2.05, 4.69) is 0 Å². The summed E-state index contributed by atoms with van der Waals surface area (Å²) in [7, 11) is 3.14. The van der Waals surface area contributed by atoms with Crippen LogP contribution in [0, 0.1) is 0 Å². The lowest BCUT2D eigenvalue weighted by Gasteiger charge is -2.24. The molecule has 0 N–H and O–H groups in total. The molecule has 1 heterocycles. The summed E-state index contributed by atoms with van der Waals surface area (Å²) in [5.74, 6) is -2.71. The first-order valence-electron chi connectivity index (χ1n) is 5.00. The second kappa shape index (κ2) is 3.87. The summed E-state index contributed by atoms with van der Waals surface area (Å²) in [6.45, 7) is 0. The van der Waals surface area contributed by atoms with Crippen molar-refractivity contribution in [3.63, 3.8) is 0 Å². The average Bonchev–Trinajstić information content (AvgIpc) is 2.56. The molecule has 1 aliphatic heterocycles. The minimum Gasteiger partial charge on any atom is -0.468 e. The van der Waals surface area contributed by atoms with Crippen molar-refractivity contribution in [2.75, 3.05) is 14.1 Å². The van der Waals surface area contributed by atoms with Crippen LogP contribution in [0.1, 0.15) is 5.56 Å². The Morgan fingerprint density at radius 1 is 1.19 bits per heavy atom. The highest BCUT2D eigenvalue weighted by molar-refractivity contribution is 5.62. The number of rotatable bonds is 2. The Bertz CT molecular complexity index is 401. The predicted octanol–water partition coefficient (Wildman–Crippen LogP) is 2.58. The van der Waals surface area contributed by atoms with Crippen LogP contribution < -0.4 is 0 Å². The topological polar surface area (TPSA) is 12.5 Å². The highest BCUT2D eigenvalue weighted by Gasteiger charge is 2.47. The summed E-state index contributed by atoms with van der Waals surface area (Å²) in [4.78, 5) is 1.37. The van der Waals surface area contributed by atoms with E-state index in [1.807, 2.05) is 6.07 Å². The van der Waals surface area contributed by atoms with E-state index in [1.165, 1.54) is 4.90 Å². The van der Waals surface area contributed by atoms with E-state index in [1.54, 1.807) is 38.4 Å². The largest absolute Gasteiger partial charge is 0.468 e. The number of benzene rings is 1. The molecule has 86 valence electrons. The molecule has 4 heteroatoms. The molecule has 1 aromatic rings. The molecule has 0 aliphatic carbocycles. The maximum absolute atomic E-state index is 13.6. The normalized spacial score (nSPS) is 23.1. The van der Waals surface area contributed by atoms with Gasteiger partial charge in [0.1, 0.15) is 5.76 Å². The van der Waals surface area contributed by atoms with E-state index >= 15 is 0 Å². The van der Waals surface area contributed by atoms with Crippen molar-refractivity contribution in [2.45, 2.75) is 12.2 Å². The fourth-order valence-electron chi connectivity index (χ4n) is 1.68. The van der Waals surface area contributed by atoms with Crippen LogP contribution in [-0.2, 0) is 4.74 Å². The molecule has 0 saturated carbocycles. The minimum atomic E-state index is -2.95. The van der Waals surface area contributed by atoms with Crippen molar-refractivity contribution < 1.29 is 13.5 Å². The molecule has 0 saturated heterocycles. The van der Waals surface area contributed by atoms with Crippen LogP contribution in [-0.4, -0.2) is 31.1 Å². The van der Waals surface area contributed by atoms with Crippen LogP contribution in [0.5, 0.6) is 0 Å². The first-order chi connectivity index (χ1) is 7.50. The van der Waals surface area contributed by atoms with Crippen molar-refractivity contribution >= 4 is 5.76 Å². The molecule has 1 aliphatic rings. The van der Waals surface area contributed by atoms with Crippen LogP contribution in [0.2, 0.25) is 0 Å². The maximum atomic E-state index is 13.6. The first-order valence-corrected chi connectivity index (χ1v) is 5.00. The molecule has 2 rings (SSSR count). The molecule has 1 aromatic carbocycles. The van der Waals surface area contributed by atoms with Crippen LogP contribution in [0.15, 0.2) is 36.4 Å². The molecule has 0 aromatic heterocycles. The summed E-state index contributed by atoms with van der Waals surface area (Å²) in [5.41, 5.74) is 0.673. The molecular formula is C12H13F2NO. The van der Waals surface area contributed by atoms with Gasteiger partial charge in [-0.25, -0.2) is 0 Å². The maximum Gasteiger partial charge on any atom is 0.319 e. The van der Waals surface area contributed by atoms with Gasteiger partial charge in [0.05, 0.1) is 0 Å². The summed E-state index contributed by atoms with van der Waals surface area (Å²) in [5, 5.41) is 0. The molecule has 16 heavy (non-hydrogen) atoms. The van der Waals surface area contributed by atoms with Crippen LogP contribution in [0.4, 0.5) is 8.78 Å². The molecule has 0 bridgehead atoms. The van der Waals surface area contributed by atoms with E-state index in [9.17, 15) is 8.78 Å². The quantitative estimate of drug-likeness (QED) is 0.767. The number of hydrogen-bond acceptors (Lipinski definition) is 2. The molecule has 1 unspecified atom stereocenters. The van der Waals surface area contributed by atoms with Gasteiger partial charge >= 0.3 is 5.92 Å².